The Hall–Kier alpha value is -3.13. The van der Waals surface area contributed by atoms with Gasteiger partial charge >= 0.3 is 0 Å². The van der Waals surface area contributed by atoms with Crippen molar-refractivity contribution >= 4 is 33.9 Å². The summed E-state index contributed by atoms with van der Waals surface area (Å²) in [6.07, 6.45) is 0. The standard InChI is InChI=1S/C21H23N5O2S/c1-15-6-5-9-19(22-15)24-21-23-16(14-29-21)20(27)26-12-10-25(11-13-26)17-7-3-4-8-18(17)28-2/h3-9,14H,10-13H2,1-2H3,(H,22,23,24). The molecule has 0 atom stereocenters. The average molecular weight is 410 g/mol. The Morgan fingerprint density at radius 3 is 2.62 bits per heavy atom. The molecule has 1 N–H and O–H groups in total. The Bertz CT molecular complexity index is 998. The number of carbonyl (C=O) groups is 1. The van der Waals surface area contributed by atoms with Crippen molar-refractivity contribution in [1.82, 2.24) is 14.9 Å². The van der Waals surface area contributed by atoms with Crippen LogP contribution in [0.4, 0.5) is 16.6 Å². The van der Waals surface area contributed by atoms with Crippen molar-refractivity contribution in [3.63, 3.8) is 0 Å². The maximum atomic E-state index is 12.9. The number of methoxy groups -OCH3 is 1. The van der Waals surface area contributed by atoms with Crippen LogP contribution in [-0.2, 0) is 0 Å². The maximum absolute atomic E-state index is 12.9. The van der Waals surface area contributed by atoms with Crippen LogP contribution in [0.25, 0.3) is 0 Å². The summed E-state index contributed by atoms with van der Waals surface area (Å²) in [4.78, 5) is 25.8. The van der Waals surface area contributed by atoms with E-state index in [1.807, 2.05) is 54.3 Å². The number of benzene rings is 1. The highest BCUT2D eigenvalue weighted by atomic mass is 32.1. The normalized spacial score (nSPS) is 14.0. The first-order valence-corrected chi connectivity index (χ1v) is 10.4. The molecule has 0 spiro atoms. The number of amides is 1. The molecule has 2 aromatic heterocycles. The first-order chi connectivity index (χ1) is 14.1. The van der Waals surface area contributed by atoms with E-state index < -0.39 is 0 Å². The van der Waals surface area contributed by atoms with Crippen LogP contribution in [-0.4, -0.2) is 54.1 Å². The van der Waals surface area contributed by atoms with Gasteiger partial charge in [0.25, 0.3) is 5.91 Å². The molecule has 1 aromatic carbocycles. The number of anilines is 3. The molecule has 1 aliphatic rings. The van der Waals surface area contributed by atoms with Crippen LogP contribution in [0.5, 0.6) is 5.75 Å². The van der Waals surface area contributed by atoms with E-state index in [1.54, 1.807) is 12.5 Å². The third-order valence-corrected chi connectivity index (χ3v) is 5.60. The van der Waals surface area contributed by atoms with E-state index in [9.17, 15) is 4.79 Å². The smallest absolute Gasteiger partial charge is 0.273 e. The number of thiazole rings is 1. The Labute approximate surface area is 174 Å². The predicted molar refractivity (Wildman–Crippen MR) is 115 cm³/mol. The summed E-state index contributed by atoms with van der Waals surface area (Å²) in [6.45, 7) is 4.75. The highest BCUT2D eigenvalue weighted by Gasteiger charge is 2.25. The summed E-state index contributed by atoms with van der Waals surface area (Å²) < 4.78 is 5.46. The second-order valence-electron chi connectivity index (χ2n) is 6.78. The van der Waals surface area contributed by atoms with E-state index in [4.69, 9.17) is 4.74 Å². The van der Waals surface area contributed by atoms with Crippen molar-refractivity contribution in [2.75, 3.05) is 43.5 Å². The molecule has 4 rings (SSSR count). The van der Waals surface area contributed by atoms with E-state index in [-0.39, 0.29) is 5.91 Å². The Kier molecular flexibility index (Phi) is 5.62. The van der Waals surface area contributed by atoms with Gasteiger partial charge < -0.3 is 19.9 Å². The number of pyridine rings is 1. The second kappa shape index (κ2) is 8.48. The lowest BCUT2D eigenvalue weighted by molar-refractivity contribution is 0.0741. The van der Waals surface area contributed by atoms with Gasteiger partial charge in [0.2, 0.25) is 0 Å². The number of hydrogen-bond acceptors (Lipinski definition) is 7. The van der Waals surface area contributed by atoms with Gasteiger partial charge in [0.15, 0.2) is 5.13 Å². The molecule has 7 nitrogen and oxygen atoms in total. The molecule has 0 bridgehead atoms. The van der Waals surface area contributed by atoms with Crippen LogP contribution in [0.1, 0.15) is 16.2 Å². The zero-order chi connectivity index (χ0) is 20.2. The maximum Gasteiger partial charge on any atom is 0.273 e. The van der Waals surface area contributed by atoms with Crippen LogP contribution in [0.2, 0.25) is 0 Å². The quantitative estimate of drug-likeness (QED) is 0.695. The number of aromatic nitrogens is 2. The first-order valence-electron chi connectivity index (χ1n) is 9.47. The van der Waals surface area contributed by atoms with Crippen molar-refractivity contribution in [2.24, 2.45) is 0 Å². The number of aryl methyl sites for hydroxylation is 1. The van der Waals surface area contributed by atoms with Crippen LogP contribution in [0.15, 0.2) is 47.8 Å². The molecule has 8 heteroatoms. The molecule has 1 aliphatic heterocycles. The second-order valence-corrected chi connectivity index (χ2v) is 7.64. The Morgan fingerprint density at radius 1 is 1.07 bits per heavy atom. The highest BCUT2D eigenvalue weighted by Crippen LogP contribution is 2.28. The fourth-order valence-electron chi connectivity index (χ4n) is 3.36. The molecule has 3 aromatic rings. The average Bonchev–Trinajstić information content (AvgIpc) is 3.22. The molecule has 1 saturated heterocycles. The number of ether oxygens (including phenoxy) is 1. The minimum Gasteiger partial charge on any atom is -0.495 e. The van der Waals surface area contributed by atoms with Crippen LogP contribution in [0.3, 0.4) is 0 Å². The van der Waals surface area contributed by atoms with Gasteiger partial charge in [0, 0.05) is 37.3 Å². The number of carbonyl (C=O) groups excluding carboxylic acids is 1. The Morgan fingerprint density at radius 2 is 1.86 bits per heavy atom. The summed E-state index contributed by atoms with van der Waals surface area (Å²) in [5.74, 6) is 1.54. The predicted octanol–water partition coefficient (Wildman–Crippen LogP) is 3.56. The first kappa shape index (κ1) is 19.2. The van der Waals surface area contributed by atoms with Crippen molar-refractivity contribution in [2.45, 2.75) is 6.92 Å². The lowest BCUT2D eigenvalue weighted by Gasteiger charge is -2.36. The van der Waals surface area contributed by atoms with Gasteiger partial charge in [-0.15, -0.1) is 11.3 Å². The van der Waals surface area contributed by atoms with Crippen molar-refractivity contribution < 1.29 is 9.53 Å². The molecule has 0 saturated carbocycles. The van der Waals surface area contributed by atoms with Crippen LogP contribution < -0.4 is 15.0 Å². The van der Waals surface area contributed by atoms with Crippen molar-refractivity contribution in [1.29, 1.82) is 0 Å². The van der Waals surface area contributed by atoms with E-state index in [2.05, 4.69) is 20.2 Å². The zero-order valence-corrected chi connectivity index (χ0v) is 17.3. The van der Waals surface area contributed by atoms with Gasteiger partial charge in [-0.1, -0.05) is 18.2 Å². The molecular formula is C21H23N5O2S. The number of hydrogen-bond donors (Lipinski definition) is 1. The van der Waals surface area contributed by atoms with E-state index in [0.717, 1.165) is 36.0 Å². The monoisotopic (exact) mass is 409 g/mol. The third kappa shape index (κ3) is 4.32. The number of nitrogens with zero attached hydrogens (tertiary/aromatic N) is 4. The number of rotatable bonds is 5. The van der Waals surface area contributed by atoms with Gasteiger partial charge in [-0.25, -0.2) is 9.97 Å². The fourth-order valence-corrected chi connectivity index (χ4v) is 4.05. The van der Waals surface area contributed by atoms with Crippen LogP contribution >= 0.6 is 11.3 Å². The third-order valence-electron chi connectivity index (χ3n) is 4.84. The van der Waals surface area contributed by atoms with E-state index in [0.29, 0.717) is 23.9 Å². The molecule has 1 fully saturated rings. The van der Waals surface area contributed by atoms with E-state index in [1.165, 1.54) is 11.3 Å². The largest absolute Gasteiger partial charge is 0.495 e. The summed E-state index contributed by atoms with van der Waals surface area (Å²) in [6, 6.07) is 13.7. The highest BCUT2D eigenvalue weighted by molar-refractivity contribution is 7.14. The number of piperazine rings is 1. The minimum atomic E-state index is -0.0359. The van der Waals surface area contributed by atoms with Crippen molar-refractivity contribution in [3.05, 3.63) is 59.2 Å². The molecule has 0 unspecified atom stereocenters. The number of para-hydroxylation sites is 2. The van der Waals surface area contributed by atoms with Crippen LogP contribution in [0, 0.1) is 6.92 Å². The zero-order valence-electron chi connectivity index (χ0n) is 16.5. The number of nitrogens with one attached hydrogen (secondary N) is 1. The molecule has 150 valence electrons. The van der Waals surface area contributed by atoms with Gasteiger partial charge in [0.1, 0.15) is 17.3 Å². The molecule has 3 heterocycles. The summed E-state index contributed by atoms with van der Waals surface area (Å²) in [5, 5.41) is 5.63. The van der Waals surface area contributed by atoms with Gasteiger partial charge in [-0.2, -0.15) is 0 Å². The molecule has 1 amide bonds. The Balaban J connectivity index is 1.38. The minimum absolute atomic E-state index is 0.0359. The van der Waals surface area contributed by atoms with E-state index >= 15 is 0 Å². The van der Waals surface area contributed by atoms with Gasteiger partial charge in [-0.05, 0) is 31.2 Å². The molecular weight excluding hydrogens is 386 g/mol. The summed E-state index contributed by atoms with van der Waals surface area (Å²) >= 11 is 1.41. The lowest BCUT2D eigenvalue weighted by Crippen LogP contribution is -2.49. The summed E-state index contributed by atoms with van der Waals surface area (Å²) in [7, 11) is 1.68. The van der Waals surface area contributed by atoms with Gasteiger partial charge in [-0.3, -0.25) is 4.79 Å². The SMILES string of the molecule is COc1ccccc1N1CCN(C(=O)c2csc(Nc3cccc(C)n3)n2)CC1. The lowest BCUT2D eigenvalue weighted by atomic mass is 10.2. The van der Waals surface area contributed by atoms with Crippen molar-refractivity contribution in [3.8, 4) is 5.75 Å². The van der Waals surface area contributed by atoms with Gasteiger partial charge in [0.05, 0.1) is 12.8 Å². The topological polar surface area (TPSA) is 70.6 Å². The molecule has 0 radical (unpaired) electrons. The molecule has 0 aliphatic carbocycles. The summed E-state index contributed by atoms with van der Waals surface area (Å²) in [5.41, 5.74) is 2.46. The fraction of sp³-hybridized carbons (Fsp3) is 0.286. The molecule has 29 heavy (non-hydrogen) atoms.